The molecule has 0 radical (unpaired) electrons. The average molecular weight is 301 g/mol. The van der Waals surface area contributed by atoms with E-state index in [1.54, 1.807) is 0 Å². The third kappa shape index (κ3) is 2.86. The van der Waals surface area contributed by atoms with Gasteiger partial charge in [-0.05, 0) is 18.2 Å². The number of benzene rings is 1. The molecule has 0 saturated heterocycles. The van der Waals surface area contributed by atoms with Crippen molar-refractivity contribution in [3.63, 3.8) is 0 Å². The average Bonchev–Trinajstić information content (AvgIpc) is 2.37. The second-order valence-corrected chi connectivity index (χ2v) is 4.18. The molecule has 0 aliphatic heterocycles. The van der Waals surface area contributed by atoms with Gasteiger partial charge in [0.25, 0.3) is 5.56 Å². The molecule has 0 spiro atoms. The number of hydrogen-bond acceptors (Lipinski definition) is 4. The Hall–Kier alpha value is -2.05. The van der Waals surface area contributed by atoms with Crippen LogP contribution in [0.25, 0.3) is 0 Å². The van der Waals surface area contributed by atoms with E-state index < -0.39 is 11.5 Å². The summed E-state index contributed by atoms with van der Waals surface area (Å²) < 4.78 is 5.25. The molecule has 0 saturated carbocycles. The van der Waals surface area contributed by atoms with E-state index in [4.69, 9.17) is 33.0 Å². The van der Waals surface area contributed by atoms with E-state index in [9.17, 15) is 9.59 Å². The molecular weight excluding hydrogens is 295 g/mol. The van der Waals surface area contributed by atoms with Crippen molar-refractivity contribution in [1.29, 1.82) is 0 Å². The van der Waals surface area contributed by atoms with Gasteiger partial charge in [-0.15, -0.1) is 0 Å². The second-order valence-electron chi connectivity index (χ2n) is 3.40. The Balaban J connectivity index is 2.39. The van der Waals surface area contributed by atoms with Crippen molar-refractivity contribution < 1.29 is 14.6 Å². The topological polar surface area (TPSA) is 92.3 Å². The van der Waals surface area contributed by atoms with Crippen molar-refractivity contribution in [2.75, 3.05) is 0 Å². The minimum absolute atomic E-state index is 0.0739. The molecule has 6 nitrogen and oxygen atoms in total. The summed E-state index contributed by atoms with van der Waals surface area (Å²) in [4.78, 5) is 28.2. The maximum absolute atomic E-state index is 11.2. The van der Waals surface area contributed by atoms with E-state index in [-0.39, 0.29) is 27.2 Å². The van der Waals surface area contributed by atoms with Crippen LogP contribution in [0.4, 0.5) is 0 Å². The smallest absolute Gasteiger partial charge is 0.337 e. The quantitative estimate of drug-likeness (QED) is 0.909. The highest BCUT2D eigenvalue weighted by Gasteiger charge is 2.13. The standard InChI is InChI=1S/C11H6Cl2N2O4/c12-7-2-1-5(3-6(7)11(17)18)19-10-8(13)9(16)14-4-15-10/h1-4H,(H,17,18)(H,14,15,16). The monoisotopic (exact) mass is 300 g/mol. The Bertz CT molecular complexity index is 699. The van der Waals surface area contributed by atoms with Gasteiger partial charge in [0.2, 0.25) is 5.88 Å². The van der Waals surface area contributed by atoms with Gasteiger partial charge in [0.1, 0.15) is 5.75 Å². The molecule has 0 fully saturated rings. The van der Waals surface area contributed by atoms with Crippen LogP contribution in [0.1, 0.15) is 10.4 Å². The first-order valence-electron chi connectivity index (χ1n) is 4.93. The van der Waals surface area contributed by atoms with Crippen LogP contribution in [-0.4, -0.2) is 21.0 Å². The zero-order valence-electron chi connectivity index (χ0n) is 9.18. The van der Waals surface area contributed by atoms with Crippen LogP contribution in [0.3, 0.4) is 0 Å². The van der Waals surface area contributed by atoms with Crippen molar-refractivity contribution in [2.45, 2.75) is 0 Å². The predicted octanol–water partition coefficient (Wildman–Crippen LogP) is 2.57. The minimum atomic E-state index is -1.19. The first-order chi connectivity index (χ1) is 8.99. The van der Waals surface area contributed by atoms with Gasteiger partial charge < -0.3 is 14.8 Å². The summed E-state index contributed by atoms with van der Waals surface area (Å²) >= 11 is 11.4. The van der Waals surface area contributed by atoms with E-state index in [0.29, 0.717) is 0 Å². The molecule has 2 N–H and O–H groups in total. The highest BCUT2D eigenvalue weighted by molar-refractivity contribution is 6.33. The molecule has 1 aromatic carbocycles. The molecule has 2 aromatic rings. The van der Waals surface area contributed by atoms with Gasteiger partial charge >= 0.3 is 5.97 Å². The van der Waals surface area contributed by atoms with E-state index in [2.05, 4.69) is 9.97 Å². The fourth-order valence-electron chi connectivity index (χ4n) is 1.28. The van der Waals surface area contributed by atoms with E-state index in [1.807, 2.05) is 0 Å². The Morgan fingerprint density at radius 2 is 2.11 bits per heavy atom. The molecule has 8 heteroatoms. The molecule has 0 aliphatic carbocycles. The number of nitrogens with zero attached hydrogens (tertiary/aromatic N) is 1. The zero-order valence-corrected chi connectivity index (χ0v) is 10.7. The minimum Gasteiger partial charge on any atom is -0.478 e. The van der Waals surface area contributed by atoms with Crippen LogP contribution < -0.4 is 10.3 Å². The number of aromatic nitrogens is 2. The summed E-state index contributed by atoms with van der Waals surface area (Å²) in [5, 5.41) is 8.76. The molecular formula is C11H6Cl2N2O4. The number of rotatable bonds is 3. The van der Waals surface area contributed by atoms with E-state index >= 15 is 0 Å². The first kappa shape index (κ1) is 13.4. The Labute approximate surface area is 116 Å². The number of halogens is 2. The van der Waals surface area contributed by atoms with Crippen molar-refractivity contribution in [2.24, 2.45) is 0 Å². The lowest BCUT2D eigenvalue weighted by atomic mass is 10.2. The molecule has 1 heterocycles. The molecule has 0 unspecified atom stereocenters. The van der Waals surface area contributed by atoms with Crippen LogP contribution in [-0.2, 0) is 0 Å². The number of H-pyrrole nitrogens is 1. The van der Waals surface area contributed by atoms with E-state index in [0.717, 1.165) is 6.33 Å². The van der Waals surface area contributed by atoms with Gasteiger partial charge in [-0.3, -0.25) is 4.79 Å². The maximum atomic E-state index is 11.2. The summed E-state index contributed by atoms with van der Waals surface area (Å²) in [6.45, 7) is 0. The number of hydrogen-bond donors (Lipinski definition) is 2. The lowest BCUT2D eigenvalue weighted by molar-refractivity contribution is 0.0696. The fourth-order valence-corrected chi connectivity index (χ4v) is 1.62. The number of carboxylic acids is 1. The summed E-state index contributed by atoms with van der Waals surface area (Å²) in [7, 11) is 0. The zero-order chi connectivity index (χ0) is 14.0. The number of nitrogens with one attached hydrogen (secondary N) is 1. The van der Waals surface area contributed by atoms with Gasteiger partial charge in [0.05, 0.1) is 16.9 Å². The van der Waals surface area contributed by atoms with Crippen LogP contribution in [0.2, 0.25) is 10.0 Å². The summed E-state index contributed by atoms with van der Waals surface area (Å²) in [5.74, 6) is -1.16. The number of aromatic amines is 1. The number of aromatic carboxylic acids is 1. The highest BCUT2D eigenvalue weighted by Crippen LogP contribution is 2.27. The van der Waals surface area contributed by atoms with Gasteiger partial charge in [0, 0.05) is 0 Å². The van der Waals surface area contributed by atoms with Crippen LogP contribution in [0.5, 0.6) is 11.6 Å². The Morgan fingerprint density at radius 1 is 1.37 bits per heavy atom. The van der Waals surface area contributed by atoms with Gasteiger partial charge in [-0.25, -0.2) is 9.78 Å². The molecule has 0 bridgehead atoms. The summed E-state index contributed by atoms with van der Waals surface area (Å²) in [6.07, 6.45) is 1.12. The third-order valence-electron chi connectivity index (χ3n) is 2.15. The lowest BCUT2D eigenvalue weighted by Gasteiger charge is -2.07. The molecule has 2 rings (SSSR count). The molecule has 0 aliphatic rings. The van der Waals surface area contributed by atoms with Crippen LogP contribution >= 0.6 is 23.2 Å². The lowest BCUT2D eigenvalue weighted by Crippen LogP contribution is -2.08. The Kier molecular flexibility index (Phi) is 3.73. The van der Waals surface area contributed by atoms with Crippen LogP contribution in [0.15, 0.2) is 29.3 Å². The van der Waals surface area contributed by atoms with Gasteiger partial charge in [-0.2, -0.15) is 0 Å². The molecule has 98 valence electrons. The highest BCUT2D eigenvalue weighted by atomic mass is 35.5. The summed E-state index contributed by atoms with van der Waals surface area (Å²) in [6, 6.07) is 4.01. The maximum Gasteiger partial charge on any atom is 0.337 e. The molecule has 19 heavy (non-hydrogen) atoms. The SMILES string of the molecule is O=C(O)c1cc(Oc2nc[nH]c(=O)c2Cl)ccc1Cl. The predicted molar refractivity (Wildman–Crippen MR) is 68.4 cm³/mol. The van der Waals surface area contributed by atoms with E-state index in [1.165, 1.54) is 18.2 Å². The largest absolute Gasteiger partial charge is 0.478 e. The van der Waals surface area contributed by atoms with Crippen LogP contribution in [0, 0.1) is 0 Å². The number of ether oxygens (including phenoxy) is 1. The van der Waals surface area contributed by atoms with Gasteiger partial charge in [-0.1, -0.05) is 23.2 Å². The fraction of sp³-hybridized carbons (Fsp3) is 0. The second kappa shape index (κ2) is 5.29. The molecule has 0 atom stereocenters. The van der Waals surface area contributed by atoms with Crippen molar-refractivity contribution >= 4 is 29.2 Å². The molecule has 1 aromatic heterocycles. The third-order valence-corrected chi connectivity index (χ3v) is 2.81. The van der Waals surface area contributed by atoms with Crippen molar-refractivity contribution in [3.05, 3.63) is 50.5 Å². The van der Waals surface area contributed by atoms with Gasteiger partial charge in [0.15, 0.2) is 5.02 Å². The Morgan fingerprint density at radius 3 is 2.79 bits per heavy atom. The van der Waals surface area contributed by atoms with Crippen molar-refractivity contribution in [3.8, 4) is 11.6 Å². The van der Waals surface area contributed by atoms with Crippen molar-refractivity contribution in [1.82, 2.24) is 9.97 Å². The molecule has 0 amide bonds. The first-order valence-corrected chi connectivity index (χ1v) is 5.68. The normalized spacial score (nSPS) is 10.2. The summed E-state index contributed by atoms with van der Waals surface area (Å²) in [5.41, 5.74) is -0.681. The number of carbonyl (C=O) groups is 1. The number of carboxylic acid groups (broad SMARTS) is 1.